The molecule has 2 aromatic carbocycles. The number of hydrogen-bond donors (Lipinski definition) is 0. The van der Waals surface area contributed by atoms with Crippen molar-refractivity contribution < 1.29 is 35.5 Å². The molecule has 4 nitrogen and oxygen atoms in total. The molecule has 0 spiro atoms. The second-order valence-electron chi connectivity index (χ2n) is 8.94. The first-order valence-corrected chi connectivity index (χ1v) is 11.4. The third-order valence-electron chi connectivity index (χ3n) is 6.64. The number of amides is 1. The third kappa shape index (κ3) is 4.00. The molecule has 0 saturated heterocycles. The monoisotopic (exact) mass is 525 g/mol. The Balaban J connectivity index is 1.89. The number of para-hydroxylation sites is 1. The van der Waals surface area contributed by atoms with Crippen LogP contribution in [-0.2, 0) is 11.0 Å². The summed E-state index contributed by atoms with van der Waals surface area (Å²) >= 11 is 0. The van der Waals surface area contributed by atoms with Crippen molar-refractivity contribution in [1.29, 1.82) is 0 Å². The van der Waals surface area contributed by atoms with Gasteiger partial charge in [-0.2, -0.15) is 23.3 Å². The number of hydrazone groups is 1. The van der Waals surface area contributed by atoms with Gasteiger partial charge in [-0.3, -0.25) is 4.79 Å². The van der Waals surface area contributed by atoms with Gasteiger partial charge < -0.3 is 4.57 Å². The van der Waals surface area contributed by atoms with Crippen LogP contribution in [0.1, 0.15) is 55.6 Å². The summed E-state index contributed by atoms with van der Waals surface area (Å²) in [6, 6.07) is 5.72. The number of aryl methyl sites for hydroxylation is 1. The predicted octanol–water partition coefficient (Wildman–Crippen LogP) is 7.61. The highest BCUT2D eigenvalue weighted by Crippen LogP contribution is 2.41. The SMILES string of the molecule is CC[C@H](C)n1c(C)c(/C=C2/C(=O)N(c3c(F)c(F)c(C(F)(F)F)c(F)c3F)N=C2C)c2cccc(C)c21. The van der Waals surface area contributed by atoms with Crippen molar-refractivity contribution in [2.45, 2.75) is 53.3 Å². The maximum Gasteiger partial charge on any atom is 0.422 e. The molecule has 1 amide bonds. The molecule has 0 bridgehead atoms. The van der Waals surface area contributed by atoms with Gasteiger partial charge in [0, 0.05) is 22.7 Å². The molecule has 11 heteroatoms. The first-order valence-electron chi connectivity index (χ1n) is 11.4. The van der Waals surface area contributed by atoms with Gasteiger partial charge in [-0.15, -0.1) is 0 Å². The minimum Gasteiger partial charge on any atom is -0.341 e. The van der Waals surface area contributed by atoms with Crippen LogP contribution in [0.25, 0.3) is 17.0 Å². The van der Waals surface area contributed by atoms with Gasteiger partial charge in [-0.25, -0.2) is 17.6 Å². The minimum atomic E-state index is -5.70. The molecule has 37 heavy (non-hydrogen) atoms. The Morgan fingerprint density at radius 1 is 1.00 bits per heavy atom. The van der Waals surface area contributed by atoms with Gasteiger partial charge in [0.25, 0.3) is 5.91 Å². The number of aromatic nitrogens is 1. The third-order valence-corrected chi connectivity index (χ3v) is 6.64. The summed E-state index contributed by atoms with van der Waals surface area (Å²) in [5.41, 5.74) is -1.22. The Morgan fingerprint density at radius 3 is 2.14 bits per heavy atom. The second-order valence-corrected chi connectivity index (χ2v) is 8.94. The zero-order chi connectivity index (χ0) is 27.6. The Labute approximate surface area is 207 Å². The smallest absolute Gasteiger partial charge is 0.341 e. The van der Waals surface area contributed by atoms with E-state index < -0.39 is 46.6 Å². The lowest BCUT2D eigenvalue weighted by Crippen LogP contribution is -2.26. The lowest BCUT2D eigenvalue weighted by atomic mass is 10.0. The average Bonchev–Trinajstić information content (AvgIpc) is 3.26. The molecule has 1 aliphatic rings. The predicted molar refractivity (Wildman–Crippen MR) is 126 cm³/mol. The molecular weight excluding hydrogens is 503 g/mol. The zero-order valence-corrected chi connectivity index (χ0v) is 20.5. The van der Waals surface area contributed by atoms with Gasteiger partial charge in [0.05, 0.1) is 16.8 Å². The highest BCUT2D eigenvalue weighted by molar-refractivity contribution is 6.32. The Morgan fingerprint density at radius 2 is 1.59 bits per heavy atom. The van der Waals surface area contributed by atoms with Gasteiger partial charge in [-0.05, 0) is 45.8 Å². The quantitative estimate of drug-likeness (QED) is 0.196. The fourth-order valence-corrected chi connectivity index (χ4v) is 4.64. The van der Waals surface area contributed by atoms with E-state index in [9.17, 15) is 35.5 Å². The van der Waals surface area contributed by atoms with E-state index in [2.05, 4.69) is 9.67 Å². The van der Waals surface area contributed by atoms with E-state index in [1.54, 1.807) is 0 Å². The van der Waals surface area contributed by atoms with Crippen molar-refractivity contribution >= 4 is 34.3 Å². The van der Waals surface area contributed by atoms with Gasteiger partial charge in [-0.1, -0.05) is 25.1 Å². The van der Waals surface area contributed by atoms with Crippen molar-refractivity contribution in [3.63, 3.8) is 0 Å². The fraction of sp³-hybridized carbons (Fsp3) is 0.308. The highest BCUT2D eigenvalue weighted by Gasteiger charge is 2.45. The second kappa shape index (κ2) is 9.04. The van der Waals surface area contributed by atoms with Crippen LogP contribution < -0.4 is 5.01 Å². The molecule has 196 valence electrons. The van der Waals surface area contributed by atoms with E-state index in [0.717, 1.165) is 28.6 Å². The summed E-state index contributed by atoms with van der Waals surface area (Å²) in [6.07, 6.45) is -3.43. The van der Waals surface area contributed by atoms with Crippen LogP contribution in [0.15, 0.2) is 28.9 Å². The molecule has 1 aliphatic heterocycles. The van der Waals surface area contributed by atoms with Gasteiger partial charge in [0.15, 0.2) is 23.3 Å². The van der Waals surface area contributed by atoms with Crippen LogP contribution in [0, 0.1) is 37.1 Å². The average molecular weight is 525 g/mol. The molecule has 0 aliphatic carbocycles. The summed E-state index contributed by atoms with van der Waals surface area (Å²) in [5, 5.41) is 4.58. The molecule has 0 saturated carbocycles. The number of carbonyl (C=O) groups is 1. The van der Waals surface area contributed by atoms with Crippen molar-refractivity contribution in [3.8, 4) is 0 Å². The van der Waals surface area contributed by atoms with Crippen LogP contribution in [0.4, 0.5) is 36.4 Å². The van der Waals surface area contributed by atoms with Crippen LogP contribution in [-0.4, -0.2) is 16.2 Å². The molecule has 2 heterocycles. The van der Waals surface area contributed by atoms with Crippen LogP contribution in [0.3, 0.4) is 0 Å². The maximum atomic E-state index is 14.6. The van der Waals surface area contributed by atoms with Crippen molar-refractivity contribution in [3.05, 3.63) is 69.4 Å². The molecule has 0 radical (unpaired) electrons. The van der Waals surface area contributed by atoms with Crippen molar-refractivity contribution in [2.75, 3.05) is 5.01 Å². The largest absolute Gasteiger partial charge is 0.422 e. The number of benzene rings is 2. The van der Waals surface area contributed by atoms with Crippen molar-refractivity contribution in [1.82, 2.24) is 4.57 Å². The van der Waals surface area contributed by atoms with Gasteiger partial charge in [0.2, 0.25) is 0 Å². The summed E-state index contributed by atoms with van der Waals surface area (Å²) in [4.78, 5) is 13.2. The summed E-state index contributed by atoms with van der Waals surface area (Å²) in [7, 11) is 0. The normalized spacial score (nSPS) is 16.3. The maximum absolute atomic E-state index is 14.6. The number of rotatable bonds is 4. The van der Waals surface area contributed by atoms with Gasteiger partial charge >= 0.3 is 6.18 Å². The molecule has 1 atom stereocenters. The molecule has 4 rings (SSSR count). The van der Waals surface area contributed by atoms with E-state index >= 15 is 0 Å². The number of fused-ring (bicyclic) bond motifs is 1. The molecular formula is C26H22F7N3O. The van der Waals surface area contributed by atoms with E-state index in [0.29, 0.717) is 5.56 Å². The topological polar surface area (TPSA) is 37.6 Å². The lowest BCUT2D eigenvalue weighted by Gasteiger charge is -2.18. The minimum absolute atomic E-state index is 0.0407. The lowest BCUT2D eigenvalue weighted by molar-refractivity contribution is -0.143. The summed E-state index contributed by atoms with van der Waals surface area (Å²) in [6.45, 7) is 9.18. The summed E-state index contributed by atoms with van der Waals surface area (Å²) < 4.78 is 98.6. The molecule has 3 aromatic rings. The number of carbonyl (C=O) groups excluding carboxylic acids is 1. The van der Waals surface area contributed by atoms with E-state index in [1.807, 2.05) is 45.9 Å². The Kier molecular flexibility index (Phi) is 6.46. The highest BCUT2D eigenvalue weighted by atomic mass is 19.4. The zero-order valence-electron chi connectivity index (χ0n) is 20.5. The Bertz CT molecular complexity index is 1490. The first-order chi connectivity index (χ1) is 17.2. The standard InChI is InChI=1S/C26H22F7N3O/c1-6-12(3)35-14(5)17(15-9-7-8-11(2)23(15)35)10-16-13(4)34-36(25(16)37)24-21(29)19(27)18(26(31,32)33)20(28)22(24)30/h7-10,12H,6H2,1-5H3/b16-10+/t12-/m0/s1. The van der Waals surface area contributed by atoms with E-state index in [1.165, 1.54) is 13.0 Å². The van der Waals surface area contributed by atoms with Crippen LogP contribution in [0.2, 0.25) is 0 Å². The van der Waals surface area contributed by atoms with Gasteiger partial charge in [0.1, 0.15) is 11.3 Å². The Hall–Kier alpha value is -3.63. The van der Waals surface area contributed by atoms with Crippen molar-refractivity contribution in [2.24, 2.45) is 5.10 Å². The molecule has 1 aromatic heterocycles. The number of hydrogen-bond acceptors (Lipinski definition) is 2. The molecule has 0 fully saturated rings. The number of alkyl halides is 3. The number of nitrogens with zero attached hydrogens (tertiary/aromatic N) is 3. The number of halogens is 7. The fourth-order valence-electron chi connectivity index (χ4n) is 4.64. The molecule has 0 unspecified atom stereocenters. The van der Waals surface area contributed by atoms with Crippen LogP contribution >= 0.6 is 0 Å². The first kappa shape index (κ1) is 26.4. The van der Waals surface area contributed by atoms with Crippen LogP contribution in [0.5, 0.6) is 0 Å². The summed E-state index contributed by atoms with van der Waals surface area (Å²) in [5.74, 6) is -11.2. The van der Waals surface area contributed by atoms with E-state index in [-0.39, 0.29) is 22.3 Å². The van der Waals surface area contributed by atoms with E-state index in [4.69, 9.17) is 0 Å². The number of anilines is 1. The molecule has 0 N–H and O–H groups in total.